The molecule has 172 valence electrons. The van der Waals surface area contributed by atoms with Crippen molar-refractivity contribution in [2.45, 2.75) is 50.5 Å². The minimum atomic E-state index is 0.226. The summed E-state index contributed by atoms with van der Waals surface area (Å²) < 4.78 is 16.8. The van der Waals surface area contributed by atoms with Crippen LogP contribution in [0.5, 0.6) is 5.75 Å². The lowest BCUT2D eigenvalue weighted by Gasteiger charge is -2.40. The van der Waals surface area contributed by atoms with Crippen molar-refractivity contribution in [2.75, 3.05) is 31.2 Å². The Hall–Kier alpha value is -2.87. The van der Waals surface area contributed by atoms with Crippen molar-refractivity contribution in [3.63, 3.8) is 0 Å². The Kier molecular flexibility index (Phi) is 4.19. The highest BCUT2D eigenvalue weighted by Gasteiger charge is 2.55. The molecule has 7 rings (SSSR count). The van der Waals surface area contributed by atoms with Gasteiger partial charge in [-0.2, -0.15) is 4.98 Å². The summed E-state index contributed by atoms with van der Waals surface area (Å²) in [5, 5.41) is 4.29. The SMILES string of the molecule is C=C1Oc2ccc(-c3nc(C4CCN(C(=O)C5CC6(CC6)C5)CC4)no3)cc2N1C1COC1. The van der Waals surface area contributed by atoms with Gasteiger partial charge >= 0.3 is 0 Å². The number of rotatable bonds is 4. The molecule has 1 aromatic carbocycles. The lowest BCUT2D eigenvalue weighted by atomic mass is 9.71. The zero-order valence-corrected chi connectivity index (χ0v) is 18.7. The summed E-state index contributed by atoms with van der Waals surface area (Å²) in [6.07, 6.45) is 6.66. The number of piperidine rings is 1. The van der Waals surface area contributed by atoms with Gasteiger partial charge in [0, 0.05) is 30.5 Å². The molecule has 1 spiro atoms. The summed E-state index contributed by atoms with van der Waals surface area (Å²) in [7, 11) is 0. The maximum Gasteiger partial charge on any atom is 0.258 e. The molecule has 4 heterocycles. The number of likely N-dealkylation sites (tertiary alicyclic amines) is 1. The highest BCUT2D eigenvalue weighted by atomic mass is 16.5. The van der Waals surface area contributed by atoms with Gasteiger partial charge in [0.05, 0.1) is 24.9 Å². The molecule has 4 fully saturated rings. The van der Waals surface area contributed by atoms with Crippen LogP contribution in [0.25, 0.3) is 11.5 Å². The Morgan fingerprint density at radius 3 is 2.64 bits per heavy atom. The van der Waals surface area contributed by atoms with Crippen LogP contribution in [0, 0.1) is 11.3 Å². The lowest BCUT2D eigenvalue weighted by molar-refractivity contribution is -0.141. The summed E-state index contributed by atoms with van der Waals surface area (Å²) in [6, 6.07) is 6.14. The summed E-state index contributed by atoms with van der Waals surface area (Å²) in [5.41, 5.74) is 2.39. The second-order valence-electron chi connectivity index (χ2n) is 10.4. The molecule has 0 N–H and O–H groups in total. The van der Waals surface area contributed by atoms with E-state index in [-0.39, 0.29) is 17.9 Å². The molecule has 8 heteroatoms. The molecule has 2 aromatic rings. The normalized spacial score (nSPS) is 24.4. The number of anilines is 1. The Morgan fingerprint density at radius 2 is 1.94 bits per heavy atom. The van der Waals surface area contributed by atoms with Crippen LogP contribution in [-0.2, 0) is 9.53 Å². The van der Waals surface area contributed by atoms with E-state index in [1.54, 1.807) is 0 Å². The van der Waals surface area contributed by atoms with E-state index in [2.05, 4.69) is 21.5 Å². The number of carbonyl (C=O) groups is 1. The molecule has 0 bridgehead atoms. The predicted octanol–water partition coefficient (Wildman–Crippen LogP) is 3.70. The van der Waals surface area contributed by atoms with E-state index in [4.69, 9.17) is 19.0 Å². The number of nitrogens with zero attached hydrogens (tertiary/aromatic N) is 4. The highest BCUT2D eigenvalue weighted by molar-refractivity contribution is 5.80. The number of ether oxygens (including phenoxy) is 2. The number of aromatic nitrogens is 2. The molecule has 33 heavy (non-hydrogen) atoms. The highest BCUT2D eigenvalue weighted by Crippen LogP contribution is 2.63. The van der Waals surface area contributed by atoms with E-state index in [1.807, 2.05) is 18.2 Å². The van der Waals surface area contributed by atoms with Crippen LogP contribution in [0.15, 0.2) is 35.2 Å². The van der Waals surface area contributed by atoms with Gasteiger partial charge in [-0.3, -0.25) is 4.79 Å². The van der Waals surface area contributed by atoms with Gasteiger partial charge in [-0.25, -0.2) is 0 Å². The van der Waals surface area contributed by atoms with Gasteiger partial charge < -0.3 is 23.8 Å². The van der Waals surface area contributed by atoms with Crippen molar-refractivity contribution in [1.82, 2.24) is 15.0 Å². The van der Waals surface area contributed by atoms with Crippen LogP contribution in [0.3, 0.4) is 0 Å². The fourth-order valence-electron chi connectivity index (χ4n) is 5.89. The fraction of sp³-hybridized carbons (Fsp3) is 0.560. The van der Waals surface area contributed by atoms with Crippen molar-refractivity contribution >= 4 is 11.6 Å². The van der Waals surface area contributed by atoms with Crippen molar-refractivity contribution < 1.29 is 18.8 Å². The van der Waals surface area contributed by atoms with E-state index in [1.165, 1.54) is 12.8 Å². The van der Waals surface area contributed by atoms with Gasteiger partial charge in [-0.1, -0.05) is 5.16 Å². The van der Waals surface area contributed by atoms with Crippen molar-refractivity contribution in [3.05, 3.63) is 36.5 Å². The number of carbonyl (C=O) groups excluding carboxylic acids is 1. The first-order valence-corrected chi connectivity index (χ1v) is 12.1. The molecule has 3 aliphatic heterocycles. The molecule has 2 saturated heterocycles. The van der Waals surface area contributed by atoms with E-state index in [9.17, 15) is 4.79 Å². The molecule has 2 saturated carbocycles. The maximum atomic E-state index is 12.8. The maximum absolute atomic E-state index is 12.8. The van der Waals surface area contributed by atoms with Gasteiger partial charge in [-0.05, 0) is 68.7 Å². The third-order valence-electron chi connectivity index (χ3n) is 8.23. The molecule has 0 radical (unpaired) electrons. The minimum Gasteiger partial charge on any atom is -0.439 e. The molecule has 0 unspecified atom stereocenters. The number of hydrogen-bond donors (Lipinski definition) is 0. The van der Waals surface area contributed by atoms with Crippen LogP contribution in [0.1, 0.15) is 50.3 Å². The molecule has 1 amide bonds. The largest absolute Gasteiger partial charge is 0.439 e. The standard InChI is InChI=1S/C25H28N4O4/c1-15-29(19-13-31-14-19)20-10-17(2-3-21(20)32-15)23-26-22(27-33-23)16-4-8-28(9-5-16)24(30)18-11-25(12-18)6-7-25/h2-3,10,16,18-19H,1,4-9,11-14H2. The summed E-state index contributed by atoms with van der Waals surface area (Å²) in [4.78, 5) is 21.7. The first kappa shape index (κ1) is 19.6. The van der Waals surface area contributed by atoms with E-state index in [0.717, 1.165) is 61.6 Å². The van der Waals surface area contributed by atoms with Crippen molar-refractivity contribution in [3.8, 4) is 17.2 Å². The van der Waals surface area contributed by atoms with Crippen LogP contribution >= 0.6 is 0 Å². The smallest absolute Gasteiger partial charge is 0.258 e. The third kappa shape index (κ3) is 3.18. The van der Waals surface area contributed by atoms with Crippen LogP contribution < -0.4 is 9.64 Å². The number of hydrogen-bond acceptors (Lipinski definition) is 7. The average molecular weight is 449 g/mol. The first-order chi connectivity index (χ1) is 16.1. The molecular weight excluding hydrogens is 420 g/mol. The summed E-state index contributed by atoms with van der Waals surface area (Å²) >= 11 is 0. The van der Waals surface area contributed by atoms with Crippen molar-refractivity contribution in [2.24, 2.45) is 11.3 Å². The van der Waals surface area contributed by atoms with Crippen LogP contribution in [0.4, 0.5) is 5.69 Å². The lowest BCUT2D eigenvalue weighted by Crippen LogP contribution is -2.47. The average Bonchev–Trinajstić information content (AvgIpc) is 3.32. The second-order valence-corrected chi connectivity index (χ2v) is 10.4. The topological polar surface area (TPSA) is 80.9 Å². The first-order valence-electron chi connectivity index (χ1n) is 12.1. The predicted molar refractivity (Wildman–Crippen MR) is 120 cm³/mol. The summed E-state index contributed by atoms with van der Waals surface area (Å²) in [6.45, 7) is 6.94. The molecule has 1 aromatic heterocycles. The zero-order valence-electron chi connectivity index (χ0n) is 18.7. The Labute approximate surface area is 192 Å². The zero-order chi connectivity index (χ0) is 22.2. The number of amides is 1. The van der Waals surface area contributed by atoms with Gasteiger partial charge in [-0.15, -0.1) is 0 Å². The van der Waals surface area contributed by atoms with Crippen LogP contribution in [-0.4, -0.2) is 53.3 Å². The fourth-order valence-corrected chi connectivity index (χ4v) is 5.89. The molecular formula is C25H28N4O4. The van der Waals surface area contributed by atoms with E-state index < -0.39 is 0 Å². The Bertz CT molecular complexity index is 1120. The Morgan fingerprint density at radius 1 is 1.15 bits per heavy atom. The molecule has 0 atom stereocenters. The minimum absolute atomic E-state index is 0.226. The second kappa shape index (κ2) is 7.06. The van der Waals surface area contributed by atoms with Crippen molar-refractivity contribution in [1.29, 1.82) is 0 Å². The van der Waals surface area contributed by atoms with Crippen LogP contribution in [0.2, 0.25) is 0 Å². The quantitative estimate of drug-likeness (QED) is 0.705. The van der Waals surface area contributed by atoms with Gasteiger partial charge in [0.25, 0.3) is 5.89 Å². The number of fused-ring (bicyclic) bond motifs is 1. The third-order valence-corrected chi connectivity index (χ3v) is 8.23. The van der Waals surface area contributed by atoms with E-state index in [0.29, 0.717) is 36.3 Å². The molecule has 2 aliphatic carbocycles. The van der Waals surface area contributed by atoms with Gasteiger partial charge in [0.15, 0.2) is 17.5 Å². The molecule has 8 nitrogen and oxygen atoms in total. The van der Waals surface area contributed by atoms with Gasteiger partial charge in [0.2, 0.25) is 5.91 Å². The molecule has 5 aliphatic rings. The summed E-state index contributed by atoms with van der Waals surface area (Å²) in [5.74, 6) is 3.52. The Balaban J connectivity index is 1.02. The van der Waals surface area contributed by atoms with Gasteiger partial charge in [0.1, 0.15) is 0 Å². The number of benzene rings is 1. The monoisotopic (exact) mass is 448 g/mol. The van der Waals surface area contributed by atoms with E-state index >= 15 is 0 Å².